The maximum Gasteiger partial charge on any atom is 0.164 e. The van der Waals surface area contributed by atoms with E-state index in [2.05, 4.69) is 176 Å². The quantitative estimate of drug-likeness (QED) is 0.172. The standard InChI is InChI=1S/C49H29N3S/c1-2-12-31(13-3-1)37-25-26-40(39-18-9-8-17-38(37)39)48-50-47(35-24-21-30-11-4-5-15-33(30)27-35)51-49(52-48)41-19-10-20-44-46(41)43-29-42-34(28-45(43)53-44)23-22-32-14-6-7-16-36(32)42/h1-29H. The van der Waals surface area contributed by atoms with Gasteiger partial charge in [-0.2, -0.15) is 0 Å². The van der Waals surface area contributed by atoms with Gasteiger partial charge in [-0.1, -0.05) is 146 Å². The van der Waals surface area contributed by atoms with E-state index in [0.717, 1.165) is 32.8 Å². The van der Waals surface area contributed by atoms with Crippen molar-refractivity contribution in [3.8, 4) is 45.3 Å². The van der Waals surface area contributed by atoms with E-state index in [1.807, 2.05) is 11.3 Å². The first kappa shape index (κ1) is 29.9. The molecule has 0 spiro atoms. The topological polar surface area (TPSA) is 38.7 Å². The third-order valence-corrected chi connectivity index (χ3v) is 11.6. The molecule has 11 rings (SSSR count). The van der Waals surface area contributed by atoms with Crippen LogP contribution < -0.4 is 0 Å². The maximum absolute atomic E-state index is 5.35. The molecule has 0 unspecified atom stereocenters. The average Bonchev–Trinajstić information content (AvgIpc) is 3.60. The van der Waals surface area contributed by atoms with Crippen molar-refractivity contribution in [3.63, 3.8) is 0 Å². The van der Waals surface area contributed by atoms with Crippen LogP contribution in [0.4, 0.5) is 0 Å². The fourth-order valence-corrected chi connectivity index (χ4v) is 9.11. The lowest BCUT2D eigenvalue weighted by Crippen LogP contribution is -2.01. The van der Waals surface area contributed by atoms with Gasteiger partial charge in [-0.3, -0.25) is 0 Å². The van der Waals surface area contributed by atoms with Crippen LogP contribution in [-0.2, 0) is 0 Å². The number of rotatable bonds is 4. The van der Waals surface area contributed by atoms with Crippen molar-refractivity contribution in [2.24, 2.45) is 0 Å². The van der Waals surface area contributed by atoms with Crippen LogP contribution in [0.15, 0.2) is 176 Å². The van der Waals surface area contributed by atoms with Gasteiger partial charge < -0.3 is 0 Å². The molecule has 2 aromatic heterocycles. The van der Waals surface area contributed by atoms with Crippen molar-refractivity contribution in [1.29, 1.82) is 0 Å². The summed E-state index contributed by atoms with van der Waals surface area (Å²) in [6.45, 7) is 0. The predicted octanol–water partition coefficient (Wildman–Crippen LogP) is 13.5. The van der Waals surface area contributed by atoms with Gasteiger partial charge in [0.05, 0.1) is 0 Å². The second-order valence-corrected chi connectivity index (χ2v) is 14.7. The number of nitrogens with zero attached hydrogens (tertiary/aromatic N) is 3. The Balaban J connectivity index is 1.19. The number of thiophene rings is 1. The van der Waals surface area contributed by atoms with Crippen LogP contribution in [0.5, 0.6) is 0 Å². The molecular weight excluding hydrogens is 663 g/mol. The summed E-state index contributed by atoms with van der Waals surface area (Å²) in [5, 5.41) is 12.0. The summed E-state index contributed by atoms with van der Waals surface area (Å²) in [6, 6.07) is 62.7. The van der Waals surface area contributed by atoms with Crippen LogP contribution in [0.2, 0.25) is 0 Å². The molecule has 0 saturated heterocycles. The Bertz CT molecular complexity index is 3240. The van der Waals surface area contributed by atoms with Crippen LogP contribution in [-0.4, -0.2) is 15.0 Å². The number of hydrogen-bond acceptors (Lipinski definition) is 4. The van der Waals surface area contributed by atoms with E-state index in [-0.39, 0.29) is 0 Å². The Kier molecular flexibility index (Phi) is 6.73. The Morgan fingerprint density at radius 2 is 0.943 bits per heavy atom. The van der Waals surface area contributed by atoms with Gasteiger partial charge in [0, 0.05) is 36.9 Å². The first-order valence-electron chi connectivity index (χ1n) is 17.9. The molecule has 0 aliphatic heterocycles. The van der Waals surface area contributed by atoms with Crippen molar-refractivity contribution in [2.75, 3.05) is 0 Å². The number of aromatic nitrogens is 3. The molecule has 0 aliphatic rings. The summed E-state index contributed by atoms with van der Waals surface area (Å²) in [6.07, 6.45) is 0. The molecule has 246 valence electrons. The highest BCUT2D eigenvalue weighted by atomic mass is 32.1. The van der Waals surface area contributed by atoms with Gasteiger partial charge >= 0.3 is 0 Å². The molecule has 3 nitrogen and oxygen atoms in total. The lowest BCUT2D eigenvalue weighted by molar-refractivity contribution is 1.08. The summed E-state index contributed by atoms with van der Waals surface area (Å²) < 4.78 is 2.46. The van der Waals surface area contributed by atoms with Crippen molar-refractivity contribution < 1.29 is 0 Å². The molecule has 0 atom stereocenters. The number of fused-ring (bicyclic) bond motifs is 8. The van der Waals surface area contributed by atoms with E-state index in [0.29, 0.717) is 17.5 Å². The van der Waals surface area contributed by atoms with Crippen LogP contribution in [0.25, 0.3) is 109 Å². The van der Waals surface area contributed by atoms with Crippen LogP contribution in [0.3, 0.4) is 0 Å². The molecular formula is C49H29N3S. The van der Waals surface area contributed by atoms with Crippen molar-refractivity contribution >= 4 is 74.6 Å². The van der Waals surface area contributed by atoms with E-state index in [1.54, 1.807) is 0 Å². The van der Waals surface area contributed by atoms with Gasteiger partial charge in [-0.15, -0.1) is 11.3 Å². The smallest absolute Gasteiger partial charge is 0.164 e. The van der Waals surface area contributed by atoms with Crippen molar-refractivity contribution in [2.45, 2.75) is 0 Å². The first-order valence-corrected chi connectivity index (χ1v) is 18.7. The van der Waals surface area contributed by atoms with Gasteiger partial charge in [0.15, 0.2) is 17.5 Å². The van der Waals surface area contributed by atoms with Crippen LogP contribution in [0.1, 0.15) is 0 Å². The van der Waals surface area contributed by atoms with Gasteiger partial charge in [0.2, 0.25) is 0 Å². The summed E-state index contributed by atoms with van der Waals surface area (Å²) in [5.74, 6) is 1.97. The molecule has 0 amide bonds. The third kappa shape index (κ3) is 4.91. The number of hydrogen-bond donors (Lipinski definition) is 0. The van der Waals surface area contributed by atoms with E-state index >= 15 is 0 Å². The highest BCUT2D eigenvalue weighted by Gasteiger charge is 2.19. The molecule has 0 bridgehead atoms. The van der Waals surface area contributed by atoms with Crippen LogP contribution in [0, 0.1) is 0 Å². The molecule has 0 fully saturated rings. The lowest BCUT2D eigenvalue weighted by atomic mass is 9.94. The molecule has 0 saturated carbocycles. The van der Waals surface area contributed by atoms with Gasteiger partial charge in [0.25, 0.3) is 0 Å². The second kappa shape index (κ2) is 11.9. The normalized spacial score (nSPS) is 11.8. The fraction of sp³-hybridized carbons (Fsp3) is 0. The van der Waals surface area contributed by atoms with E-state index < -0.39 is 0 Å². The monoisotopic (exact) mass is 691 g/mol. The average molecular weight is 692 g/mol. The molecule has 9 aromatic carbocycles. The molecule has 4 heteroatoms. The van der Waals surface area contributed by atoms with Gasteiger partial charge in [0.1, 0.15) is 0 Å². The van der Waals surface area contributed by atoms with Crippen LogP contribution >= 0.6 is 11.3 Å². The summed E-state index contributed by atoms with van der Waals surface area (Å²) >= 11 is 1.82. The molecule has 0 aliphatic carbocycles. The van der Waals surface area contributed by atoms with Crippen molar-refractivity contribution in [3.05, 3.63) is 176 Å². The van der Waals surface area contributed by atoms with E-state index in [1.165, 1.54) is 58.2 Å². The fourth-order valence-electron chi connectivity index (χ4n) is 7.95. The molecule has 53 heavy (non-hydrogen) atoms. The summed E-state index contributed by atoms with van der Waals surface area (Å²) in [7, 11) is 0. The highest BCUT2D eigenvalue weighted by Crippen LogP contribution is 2.43. The minimum absolute atomic E-state index is 0.653. The lowest BCUT2D eigenvalue weighted by Gasteiger charge is -2.13. The highest BCUT2D eigenvalue weighted by molar-refractivity contribution is 7.26. The van der Waals surface area contributed by atoms with E-state index in [9.17, 15) is 0 Å². The minimum Gasteiger partial charge on any atom is -0.208 e. The number of benzene rings is 9. The SMILES string of the molecule is c1ccc(-c2ccc(-c3nc(-c4ccc5ccccc5c4)nc(-c4cccc5sc6cc7ccc8ccccc8c7cc6c45)n3)c3ccccc23)cc1. The zero-order valence-electron chi connectivity index (χ0n) is 28.5. The van der Waals surface area contributed by atoms with Gasteiger partial charge in [-0.25, -0.2) is 15.0 Å². The zero-order chi connectivity index (χ0) is 34.9. The first-order chi connectivity index (χ1) is 26.2. The Labute approximate surface area is 309 Å². The molecule has 11 aromatic rings. The van der Waals surface area contributed by atoms with Crippen molar-refractivity contribution in [1.82, 2.24) is 15.0 Å². The largest absolute Gasteiger partial charge is 0.208 e. The predicted molar refractivity (Wildman–Crippen MR) is 224 cm³/mol. The van der Waals surface area contributed by atoms with E-state index in [4.69, 9.17) is 15.0 Å². The minimum atomic E-state index is 0.653. The molecule has 2 heterocycles. The third-order valence-electron chi connectivity index (χ3n) is 10.5. The Morgan fingerprint density at radius 1 is 0.302 bits per heavy atom. The molecule has 0 N–H and O–H groups in total. The Morgan fingerprint density at radius 3 is 1.79 bits per heavy atom. The summed E-state index contributed by atoms with van der Waals surface area (Å²) in [4.78, 5) is 15.9. The summed E-state index contributed by atoms with van der Waals surface area (Å²) in [5.41, 5.74) is 5.30. The Hall–Kier alpha value is -6.75. The maximum atomic E-state index is 5.35. The van der Waals surface area contributed by atoms with Gasteiger partial charge in [-0.05, 0) is 84.5 Å². The second-order valence-electron chi connectivity index (χ2n) is 13.6. The zero-order valence-corrected chi connectivity index (χ0v) is 29.3. The molecule has 0 radical (unpaired) electrons.